The third-order valence-electron chi connectivity index (χ3n) is 13.3. The molecule has 0 aliphatic carbocycles. The number of carboxylic acid groups (broad SMARTS) is 1. The molecule has 0 aliphatic heterocycles. The molecule has 12 rings (SSSR count). The predicted octanol–water partition coefficient (Wildman–Crippen LogP) is 18.1. The summed E-state index contributed by atoms with van der Waals surface area (Å²) in [5.41, 5.74) is 12.3. The SMILES string of the molecule is C.CC(=O)O.CC(C)(C)OC(=O)c1cc2c(C(O)c3ccc(Cl)cc3)cncc2s1.CC(C)(C)OC(=O)c1cc2c(Cc3ccc(Cl)cc3)cncc2s1.CO.COC(=O)c1cc2c(Cc3ccc(Cl)cc3)cncc2s1.NC(=O)c1cc2c(Cc3ccc(Cl)cc3)cncc2s1.O=S(=O)(O)O. The molecule has 0 saturated carbocycles. The van der Waals surface area contributed by atoms with Crippen LogP contribution >= 0.6 is 91.8 Å². The molecule has 1 atom stereocenters. The Morgan fingerprint density at radius 3 is 1.05 bits per heavy atom. The van der Waals surface area contributed by atoms with Gasteiger partial charge < -0.3 is 35.3 Å². The van der Waals surface area contributed by atoms with Crippen molar-refractivity contribution in [1.29, 1.82) is 0 Å². The van der Waals surface area contributed by atoms with Crippen LogP contribution in [0.3, 0.4) is 0 Å². The molecular formula is C73H73Cl4N5O15S5. The number of esters is 3. The number of methoxy groups -OCH3 is 1. The van der Waals surface area contributed by atoms with Gasteiger partial charge in [-0.15, -0.1) is 45.3 Å². The van der Waals surface area contributed by atoms with E-state index in [1.807, 2.05) is 151 Å². The van der Waals surface area contributed by atoms with E-state index in [1.165, 1.54) is 52.5 Å². The maximum atomic E-state index is 12.3. The van der Waals surface area contributed by atoms with Gasteiger partial charge in [-0.3, -0.25) is 38.6 Å². The van der Waals surface area contributed by atoms with Gasteiger partial charge in [-0.05, 0) is 189 Å². The second kappa shape index (κ2) is 38.8. The molecule has 20 nitrogen and oxygen atoms in total. The number of aliphatic hydroxyl groups is 2. The monoisotopic (exact) mass is 1560 g/mol. The highest BCUT2D eigenvalue weighted by Crippen LogP contribution is 2.36. The molecule has 29 heteroatoms. The maximum Gasteiger partial charge on any atom is 0.394 e. The average molecular weight is 1560 g/mol. The van der Waals surface area contributed by atoms with Gasteiger partial charge in [-0.2, -0.15) is 8.42 Å². The first-order valence-electron chi connectivity index (χ1n) is 29.9. The van der Waals surface area contributed by atoms with Crippen LogP contribution in [0.2, 0.25) is 20.1 Å². The number of carboxylic acids is 1. The number of benzene rings is 4. The minimum Gasteiger partial charge on any atom is -0.481 e. The Balaban J connectivity index is 0.000000233. The van der Waals surface area contributed by atoms with Gasteiger partial charge in [0.05, 0.1) is 30.8 Å². The Hall–Kier alpha value is -8.38. The molecular weight excluding hydrogens is 1490 g/mol. The van der Waals surface area contributed by atoms with Crippen molar-refractivity contribution in [1.82, 2.24) is 19.9 Å². The number of fused-ring (bicyclic) bond motifs is 4. The lowest BCUT2D eigenvalue weighted by molar-refractivity contribution is -0.134. The predicted molar refractivity (Wildman–Crippen MR) is 409 cm³/mol. The van der Waals surface area contributed by atoms with Gasteiger partial charge in [0.2, 0.25) is 0 Å². The molecule has 8 heterocycles. The highest BCUT2D eigenvalue weighted by Gasteiger charge is 2.24. The smallest absolute Gasteiger partial charge is 0.394 e. The Bertz CT molecular complexity index is 4910. The van der Waals surface area contributed by atoms with Crippen LogP contribution in [0.15, 0.2) is 171 Å². The number of halogens is 4. The number of rotatable bonds is 12. The highest BCUT2D eigenvalue weighted by atomic mass is 35.5. The average Bonchev–Trinajstić information content (AvgIpc) is 1.66. The molecule has 1 amide bonds. The quantitative estimate of drug-likeness (QED) is 0.0376. The number of primary amides is 1. The summed E-state index contributed by atoms with van der Waals surface area (Å²) >= 11 is 29.1. The lowest BCUT2D eigenvalue weighted by Crippen LogP contribution is -2.23. The summed E-state index contributed by atoms with van der Waals surface area (Å²) in [7, 11) is -2.28. The second-order valence-electron chi connectivity index (χ2n) is 23.4. The molecule has 7 N–H and O–H groups in total. The van der Waals surface area contributed by atoms with E-state index in [-0.39, 0.29) is 25.3 Å². The van der Waals surface area contributed by atoms with E-state index in [1.54, 1.807) is 61.3 Å². The minimum atomic E-state index is -4.67. The van der Waals surface area contributed by atoms with Crippen molar-refractivity contribution in [3.05, 3.63) is 255 Å². The van der Waals surface area contributed by atoms with E-state index >= 15 is 0 Å². The fourth-order valence-corrected chi connectivity index (χ4v) is 13.5. The number of nitrogens with zero attached hydrogens (tertiary/aromatic N) is 4. The van der Waals surface area contributed by atoms with Crippen molar-refractivity contribution in [2.24, 2.45) is 5.73 Å². The van der Waals surface area contributed by atoms with E-state index in [0.717, 1.165) is 122 Å². The Kier molecular flexibility index (Phi) is 32.0. The van der Waals surface area contributed by atoms with Crippen LogP contribution in [0.5, 0.6) is 0 Å². The van der Waals surface area contributed by atoms with Crippen molar-refractivity contribution >= 4 is 172 Å². The van der Waals surface area contributed by atoms with Crippen molar-refractivity contribution in [2.75, 3.05) is 14.2 Å². The number of hydrogen-bond donors (Lipinski definition) is 6. The van der Waals surface area contributed by atoms with Crippen LogP contribution in [-0.2, 0) is 48.7 Å². The fraction of sp³-hybridized carbons (Fsp3) is 0.219. The summed E-state index contributed by atoms with van der Waals surface area (Å²) < 4.78 is 51.0. The van der Waals surface area contributed by atoms with Crippen LogP contribution < -0.4 is 5.73 Å². The zero-order chi connectivity index (χ0) is 74.5. The minimum absolute atomic E-state index is 0. The Morgan fingerprint density at radius 1 is 0.480 bits per heavy atom. The molecule has 0 aliphatic rings. The number of thiophene rings is 4. The molecule has 0 fully saturated rings. The summed E-state index contributed by atoms with van der Waals surface area (Å²) in [6, 6.07) is 37.6. The van der Waals surface area contributed by atoms with Crippen molar-refractivity contribution in [3.8, 4) is 0 Å². The number of carbonyl (C=O) groups is 5. The summed E-state index contributed by atoms with van der Waals surface area (Å²) in [5, 5.41) is 31.8. The zero-order valence-electron chi connectivity index (χ0n) is 55.6. The van der Waals surface area contributed by atoms with Crippen LogP contribution in [0, 0.1) is 0 Å². The van der Waals surface area contributed by atoms with Gasteiger partial charge in [0.1, 0.15) is 31.9 Å². The number of pyridine rings is 4. The van der Waals surface area contributed by atoms with Crippen LogP contribution in [0.4, 0.5) is 0 Å². The molecule has 0 radical (unpaired) electrons. The van der Waals surface area contributed by atoms with Gasteiger partial charge in [0, 0.05) is 94.6 Å². The topological polar surface area (TPSA) is 326 Å². The third-order valence-corrected chi connectivity index (χ3v) is 18.5. The molecule has 0 saturated heterocycles. The number of aliphatic hydroxyl groups excluding tert-OH is 2. The first-order chi connectivity index (χ1) is 47.6. The number of aliphatic carboxylic acids is 1. The van der Waals surface area contributed by atoms with Gasteiger partial charge in [0.25, 0.3) is 11.9 Å². The van der Waals surface area contributed by atoms with Crippen LogP contribution in [-0.4, -0.2) is 108 Å². The van der Waals surface area contributed by atoms with Crippen molar-refractivity contribution < 1.29 is 71.0 Å². The highest BCUT2D eigenvalue weighted by molar-refractivity contribution is 7.79. The number of aromatic nitrogens is 4. The van der Waals surface area contributed by atoms with E-state index < -0.39 is 39.6 Å². The lowest BCUT2D eigenvalue weighted by atomic mass is 10.0. The standard InChI is InChI=1S/C19H18ClNO3S.C19H18ClNO2S.C16H12ClNO2S.C15H11ClN2OS.C2H4O2.CH4O.CH4.H2O4S/c1-19(2,3)24-18(23)15-8-13-14(9-21-10-16(13)25-15)17(22)11-4-6-12(20)7-5-11;1-19(2,3)23-18(22)16-9-15-13(10-21-11-17(15)24-16)8-12-4-6-14(20)7-5-12;1-20-16(19)14-7-13-11(8-18-9-15(13)21-14)6-10-2-4-12(17)5-3-10;16-11-3-1-9(2-4-11)5-10-7-18-8-14-12(10)6-13(20-14)15(17)19;1-2(3)4;1-2;;1-5(2,3)4/h4-10,17,22H,1-3H3;4-7,9-11H,8H2,1-3H3;2-5,7-9H,6H2,1H3;1-4,6-8H,5H2,(H2,17,19);1H3,(H,3,4);2H,1H3;1H4;(H2,1,2,3,4). The Morgan fingerprint density at radius 2 is 0.745 bits per heavy atom. The lowest BCUT2D eigenvalue weighted by Gasteiger charge is -2.18. The number of nitrogens with two attached hydrogens (primary N) is 1. The normalized spacial score (nSPS) is 11.1. The van der Waals surface area contributed by atoms with E-state index in [4.69, 9.17) is 98.9 Å². The number of hydrogen-bond acceptors (Lipinski definition) is 20. The molecule has 8 aromatic heterocycles. The fourth-order valence-electron chi connectivity index (χ4n) is 9.14. The first kappa shape index (κ1) is 84.3. The van der Waals surface area contributed by atoms with Crippen LogP contribution in [0.25, 0.3) is 40.3 Å². The van der Waals surface area contributed by atoms with Crippen LogP contribution in [0.1, 0.15) is 145 Å². The van der Waals surface area contributed by atoms with Gasteiger partial charge in [-0.25, -0.2) is 14.4 Å². The third kappa shape index (κ3) is 26.8. The van der Waals surface area contributed by atoms with E-state index in [9.17, 15) is 24.3 Å². The van der Waals surface area contributed by atoms with Gasteiger partial charge in [0.15, 0.2) is 0 Å². The van der Waals surface area contributed by atoms with E-state index in [0.29, 0.717) is 35.7 Å². The van der Waals surface area contributed by atoms with Gasteiger partial charge in [-0.1, -0.05) is 102 Å². The van der Waals surface area contributed by atoms with Crippen molar-refractivity contribution in [3.63, 3.8) is 0 Å². The van der Waals surface area contributed by atoms with Gasteiger partial charge >= 0.3 is 28.3 Å². The summed E-state index contributed by atoms with van der Waals surface area (Å²) in [4.78, 5) is 75.8. The molecule has 538 valence electrons. The largest absolute Gasteiger partial charge is 0.481 e. The molecule has 12 aromatic rings. The summed E-state index contributed by atoms with van der Waals surface area (Å²) in [6.07, 6.45) is 15.5. The molecule has 1 unspecified atom stereocenters. The first-order valence-corrected chi connectivity index (χ1v) is 36.1. The maximum absolute atomic E-state index is 12.3. The summed E-state index contributed by atoms with van der Waals surface area (Å²) in [6.45, 7) is 12.2. The molecule has 0 bridgehead atoms. The van der Waals surface area contributed by atoms with E-state index in [2.05, 4.69) is 19.9 Å². The van der Waals surface area contributed by atoms with Crippen molar-refractivity contribution in [2.45, 2.75) is 92.5 Å². The second-order valence-corrected chi connectivity index (χ2v) is 30.4. The molecule has 0 spiro atoms. The number of ether oxygens (including phenoxy) is 3. The number of carbonyl (C=O) groups excluding carboxylic acids is 4. The molecule has 102 heavy (non-hydrogen) atoms. The number of amides is 1. The molecule has 4 aromatic carbocycles. The Labute approximate surface area is 625 Å². The zero-order valence-corrected chi connectivity index (χ0v) is 62.7. The summed E-state index contributed by atoms with van der Waals surface area (Å²) in [5.74, 6) is -2.21.